The molecule has 0 fully saturated rings. The molecule has 2 aromatic carbocycles. The van der Waals surface area contributed by atoms with E-state index in [1.165, 1.54) is 31.2 Å². The molecule has 0 aromatic heterocycles. The summed E-state index contributed by atoms with van der Waals surface area (Å²) in [5, 5.41) is 12.7. The van der Waals surface area contributed by atoms with Crippen LogP contribution in [0.5, 0.6) is 0 Å². The summed E-state index contributed by atoms with van der Waals surface area (Å²) in [6.45, 7) is 1.24. The van der Waals surface area contributed by atoms with Crippen molar-refractivity contribution >= 4 is 5.91 Å². The highest BCUT2D eigenvalue weighted by atomic mass is 19.1. The predicted octanol–water partition coefficient (Wildman–Crippen LogP) is 2.74. The SMILES string of the molecule is CC(O)(CNC(=O)c1cc(F)cc(F)c1)c1ccc(F)cc1. The molecule has 2 rings (SSSR count). The Morgan fingerprint density at radius 3 is 2.14 bits per heavy atom. The van der Waals surface area contributed by atoms with E-state index in [0.29, 0.717) is 11.6 Å². The third-order valence-corrected chi connectivity index (χ3v) is 3.18. The maximum absolute atomic E-state index is 13.1. The van der Waals surface area contributed by atoms with Gasteiger partial charge in [0.15, 0.2) is 0 Å². The largest absolute Gasteiger partial charge is 0.384 e. The van der Waals surface area contributed by atoms with Gasteiger partial charge in [-0.2, -0.15) is 0 Å². The van der Waals surface area contributed by atoms with Gasteiger partial charge in [0.05, 0.1) is 6.54 Å². The van der Waals surface area contributed by atoms with E-state index in [0.717, 1.165) is 12.1 Å². The molecule has 0 aliphatic rings. The number of halogens is 3. The second-order valence-corrected chi connectivity index (χ2v) is 5.12. The van der Waals surface area contributed by atoms with E-state index < -0.39 is 29.0 Å². The monoisotopic (exact) mass is 309 g/mol. The Morgan fingerprint density at radius 2 is 1.59 bits per heavy atom. The van der Waals surface area contributed by atoms with Crippen molar-refractivity contribution in [2.75, 3.05) is 6.54 Å². The van der Waals surface area contributed by atoms with Gasteiger partial charge in [-0.3, -0.25) is 4.79 Å². The minimum absolute atomic E-state index is 0.188. The Hall–Kier alpha value is -2.34. The van der Waals surface area contributed by atoms with E-state index in [1.54, 1.807) is 0 Å². The van der Waals surface area contributed by atoms with Crippen molar-refractivity contribution in [2.45, 2.75) is 12.5 Å². The summed E-state index contributed by atoms with van der Waals surface area (Å²) in [4.78, 5) is 11.9. The number of nitrogens with one attached hydrogen (secondary N) is 1. The molecule has 116 valence electrons. The Bertz CT molecular complexity index is 664. The molecule has 0 aliphatic heterocycles. The summed E-state index contributed by atoms with van der Waals surface area (Å²) in [6.07, 6.45) is 0. The molecule has 1 amide bonds. The van der Waals surface area contributed by atoms with Crippen molar-refractivity contribution in [3.8, 4) is 0 Å². The molecule has 0 bridgehead atoms. The molecule has 1 unspecified atom stereocenters. The topological polar surface area (TPSA) is 49.3 Å². The van der Waals surface area contributed by atoms with E-state index in [4.69, 9.17) is 0 Å². The number of amides is 1. The maximum atomic E-state index is 13.1. The van der Waals surface area contributed by atoms with Crippen molar-refractivity contribution in [3.05, 3.63) is 71.0 Å². The zero-order valence-electron chi connectivity index (χ0n) is 11.7. The number of rotatable bonds is 4. The standard InChI is InChI=1S/C16H14F3NO2/c1-16(22,11-2-4-12(17)5-3-11)9-20-15(21)10-6-13(18)8-14(19)7-10/h2-8,22H,9H2,1H3,(H,20,21). The second-order valence-electron chi connectivity index (χ2n) is 5.12. The Labute approximate surface area is 125 Å². The Balaban J connectivity index is 2.07. The van der Waals surface area contributed by atoms with E-state index in [2.05, 4.69) is 5.32 Å². The van der Waals surface area contributed by atoms with Crippen LogP contribution in [-0.2, 0) is 5.60 Å². The van der Waals surface area contributed by atoms with Crippen LogP contribution in [0.1, 0.15) is 22.8 Å². The average molecular weight is 309 g/mol. The lowest BCUT2D eigenvalue weighted by Crippen LogP contribution is -2.38. The van der Waals surface area contributed by atoms with E-state index in [-0.39, 0.29) is 12.1 Å². The molecular weight excluding hydrogens is 295 g/mol. The molecule has 0 saturated heterocycles. The number of benzene rings is 2. The van der Waals surface area contributed by atoms with E-state index in [9.17, 15) is 23.1 Å². The van der Waals surface area contributed by atoms with Gasteiger partial charge in [-0.25, -0.2) is 13.2 Å². The Kier molecular flexibility index (Phi) is 4.51. The highest BCUT2D eigenvalue weighted by molar-refractivity contribution is 5.94. The molecule has 2 N–H and O–H groups in total. The normalized spacial score (nSPS) is 13.5. The lowest BCUT2D eigenvalue weighted by molar-refractivity contribution is 0.0525. The fourth-order valence-electron chi connectivity index (χ4n) is 1.95. The fourth-order valence-corrected chi connectivity index (χ4v) is 1.95. The first-order valence-electron chi connectivity index (χ1n) is 6.51. The third kappa shape index (κ3) is 3.85. The zero-order chi connectivity index (χ0) is 16.3. The first-order valence-corrected chi connectivity index (χ1v) is 6.51. The molecule has 0 aliphatic carbocycles. The van der Waals surface area contributed by atoms with Crippen LogP contribution >= 0.6 is 0 Å². The minimum atomic E-state index is -1.45. The maximum Gasteiger partial charge on any atom is 0.251 e. The molecule has 0 heterocycles. The van der Waals surface area contributed by atoms with Gasteiger partial charge in [0.2, 0.25) is 0 Å². The quantitative estimate of drug-likeness (QED) is 0.912. The van der Waals surface area contributed by atoms with Gasteiger partial charge < -0.3 is 10.4 Å². The summed E-state index contributed by atoms with van der Waals surface area (Å²) in [6, 6.07) is 7.61. The van der Waals surface area contributed by atoms with Gasteiger partial charge in [-0.15, -0.1) is 0 Å². The third-order valence-electron chi connectivity index (χ3n) is 3.18. The van der Waals surface area contributed by atoms with Crippen LogP contribution in [0, 0.1) is 17.5 Å². The highest BCUT2D eigenvalue weighted by Crippen LogP contribution is 2.20. The van der Waals surface area contributed by atoms with Crippen LogP contribution in [0.4, 0.5) is 13.2 Å². The molecule has 2 aromatic rings. The van der Waals surface area contributed by atoms with Crippen LogP contribution in [0.3, 0.4) is 0 Å². The summed E-state index contributed by atoms with van der Waals surface area (Å²) >= 11 is 0. The number of aliphatic hydroxyl groups is 1. The lowest BCUT2D eigenvalue weighted by atomic mass is 9.96. The number of hydrogen-bond acceptors (Lipinski definition) is 2. The molecule has 0 saturated carbocycles. The van der Waals surface area contributed by atoms with Gasteiger partial charge in [0.1, 0.15) is 23.1 Å². The highest BCUT2D eigenvalue weighted by Gasteiger charge is 2.24. The van der Waals surface area contributed by atoms with Crippen LogP contribution in [0.25, 0.3) is 0 Å². The molecule has 0 radical (unpaired) electrons. The second kappa shape index (κ2) is 6.19. The van der Waals surface area contributed by atoms with Crippen LogP contribution in [0.2, 0.25) is 0 Å². The first kappa shape index (κ1) is 16.0. The number of carbonyl (C=O) groups is 1. The fraction of sp³-hybridized carbons (Fsp3) is 0.188. The molecule has 6 heteroatoms. The van der Waals surface area contributed by atoms with Gasteiger partial charge in [-0.05, 0) is 36.8 Å². The lowest BCUT2D eigenvalue weighted by Gasteiger charge is -2.24. The van der Waals surface area contributed by atoms with Crippen molar-refractivity contribution in [1.29, 1.82) is 0 Å². The van der Waals surface area contributed by atoms with Crippen LogP contribution in [-0.4, -0.2) is 17.6 Å². The van der Waals surface area contributed by atoms with Gasteiger partial charge in [-0.1, -0.05) is 12.1 Å². The zero-order valence-corrected chi connectivity index (χ0v) is 11.7. The van der Waals surface area contributed by atoms with Crippen LogP contribution < -0.4 is 5.32 Å². The minimum Gasteiger partial charge on any atom is -0.384 e. The molecule has 0 spiro atoms. The van der Waals surface area contributed by atoms with Crippen molar-refractivity contribution in [3.63, 3.8) is 0 Å². The average Bonchev–Trinajstić information content (AvgIpc) is 2.44. The van der Waals surface area contributed by atoms with Gasteiger partial charge in [0, 0.05) is 11.6 Å². The number of hydrogen-bond donors (Lipinski definition) is 2. The first-order chi connectivity index (χ1) is 10.3. The number of carbonyl (C=O) groups excluding carboxylic acids is 1. The Morgan fingerprint density at radius 1 is 1.05 bits per heavy atom. The smallest absolute Gasteiger partial charge is 0.251 e. The molecule has 3 nitrogen and oxygen atoms in total. The molecule has 22 heavy (non-hydrogen) atoms. The van der Waals surface area contributed by atoms with Crippen LogP contribution in [0.15, 0.2) is 42.5 Å². The van der Waals surface area contributed by atoms with Gasteiger partial charge >= 0.3 is 0 Å². The van der Waals surface area contributed by atoms with E-state index >= 15 is 0 Å². The van der Waals surface area contributed by atoms with E-state index in [1.807, 2.05) is 0 Å². The summed E-state index contributed by atoms with van der Waals surface area (Å²) < 4.78 is 39.0. The van der Waals surface area contributed by atoms with Gasteiger partial charge in [0.25, 0.3) is 5.91 Å². The predicted molar refractivity (Wildman–Crippen MR) is 74.7 cm³/mol. The summed E-state index contributed by atoms with van der Waals surface area (Å²) in [5.41, 5.74) is -1.23. The molecular formula is C16H14F3NO2. The van der Waals surface area contributed by atoms with Crippen molar-refractivity contribution in [2.24, 2.45) is 0 Å². The summed E-state index contributed by atoms with van der Waals surface area (Å²) in [5.74, 6) is -2.90. The van der Waals surface area contributed by atoms with Crippen molar-refractivity contribution < 1.29 is 23.1 Å². The summed E-state index contributed by atoms with van der Waals surface area (Å²) in [7, 11) is 0. The molecule has 1 atom stereocenters. The van der Waals surface area contributed by atoms with Crippen molar-refractivity contribution in [1.82, 2.24) is 5.32 Å².